The molecule has 1 amide bonds. The van der Waals surface area contributed by atoms with Gasteiger partial charge in [-0.2, -0.15) is 0 Å². The Balaban J connectivity index is 2.04. The first kappa shape index (κ1) is 15.0. The Hall–Kier alpha value is -1.35. The number of piperidine rings is 1. The number of para-hydroxylation sites is 1. The number of carbonyl (C=O) groups is 1. The van der Waals surface area contributed by atoms with Crippen LogP contribution in [0, 0.1) is 19.8 Å². The minimum Gasteiger partial charge on any atom is -0.324 e. The number of nitrogens with zero attached hydrogens (tertiary/aromatic N) is 1. The Labute approximate surface area is 122 Å². The third-order valence-corrected chi connectivity index (χ3v) is 4.34. The molecular formula is C17H26N2O. The molecule has 3 heteroatoms. The largest absolute Gasteiger partial charge is 0.324 e. The maximum absolute atomic E-state index is 12.5. The smallest absolute Gasteiger partial charge is 0.241 e. The van der Waals surface area contributed by atoms with Gasteiger partial charge in [0.2, 0.25) is 5.91 Å². The fourth-order valence-corrected chi connectivity index (χ4v) is 2.98. The van der Waals surface area contributed by atoms with Crippen molar-refractivity contribution in [1.29, 1.82) is 0 Å². The summed E-state index contributed by atoms with van der Waals surface area (Å²) in [6, 6.07) is 6.04. The Morgan fingerprint density at radius 3 is 2.60 bits per heavy atom. The zero-order chi connectivity index (χ0) is 14.7. The molecule has 0 aromatic heterocycles. The molecule has 0 unspecified atom stereocenters. The van der Waals surface area contributed by atoms with E-state index in [-0.39, 0.29) is 11.9 Å². The van der Waals surface area contributed by atoms with Gasteiger partial charge in [-0.3, -0.25) is 9.69 Å². The molecule has 110 valence electrons. The molecule has 2 atom stereocenters. The second kappa shape index (κ2) is 6.40. The molecular weight excluding hydrogens is 248 g/mol. The van der Waals surface area contributed by atoms with Crippen LogP contribution in [0.25, 0.3) is 0 Å². The van der Waals surface area contributed by atoms with Crippen LogP contribution in [0.4, 0.5) is 5.69 Å². The lowest BCUT2D eigenvalue weighted by atomic mass is 9.99. The minimum atomic E-state index is -0.0586. The summed E-state index contributed by atoms with van der Waals surface area (Å²) in [5.74, 6) is 0.802. The third kappa shape index (κ3) is 3.40. The average Bonchev–Trinajstić information content (AvgIpc) is 2.42. The lowest BCUT2D eigenvalue weighted by Gasteiger charge is -2.34. The summed E-state index contributed by atoms with van der Waals surface area (Å²) in [6.45, 7) is 10.4. The van der Waals surface area contributed by atoms with Crippen molar-refractivity contribution in [3.63, 3.8) is 0 Å². The van der Waals surface area contributed by atoms with E-state index in [4.69, 9.17) is 0 Å². The average molecular weight is 274 g/mol. The van der Waals surface area contributed by atoms with Crippen molar-refractivity contribution in [3.8, 4) is 0 Å². The van der Waals surface area contributed by atoms with Gasteiger partial charge in [0.1, 0.15) is 0 Å². The normalized spacial score (nSPS) is 21.5. The number of amides is 1. The predicted molar refractivity (Wildman–Crippen MR) is 84.0 cm³/mol. The van der Waals surface area contributed by atoms with Gasteiger partial charge in [-0.1, -0.05) is 25.1 Å². The Kier molecular flexibility index (Phi) is 4.81. The summed E-state index contributed by atoms with van der Waals surface area (Å²) in [7, 11) is 0. The van der Waals surface area contributed by atoms with E-state index in [0.29, 0.717) is 5.92 Å². The van der Waals surface area contributed by atoms with Gasteiger partial charge in [-0.25, -0.2) is 0 Å². The number of likely N-dealkylation sites (tertiary alicyclic amines) is 1. The summed E-state index contributed by atoms with van der Waals surface area (Å²) >= 11 is 0. The number of carbonyl (C=O) groups excluding carboxylic acids is 1. The maximum Gasteiger partial charge on any atom is 0.241 e. The lowest BCUT2D eigenvalue weighted by Crippen LogP contribution is -2.46. The van der Waals surface area contributed by atoms with E-state index in [0.717, 1.165) is 29.9 Å². The van der Waals surface area contributed by atoms with Crippen molar-refractivity contribution < 1.29 is 4.79 Å². The molecule has 1 aliphatic heterocycles. The third-order valence-electron chi connectivity index (χ3n) is 4.34. The molecule has 1 fully saturated rings. The molecule has 0 aliphatic carbocycles. The van der Waals surface area contributed by atoms with Crippen LogP contribution in [0.2, 0.25) is 0 Å². The summed E-state index contributed by atoms with van der Waals surface area (Å²) in [5, 5.41) is 3.11. The molecule has 1 aliphatic rings. The highest BCUT2D eigenvalue weighted by Gasteiger charge is 2.26. The monoisotopic (exact) mass is 274 g/mol. The highest BCUT2D eigenvalue weighted by Crippen LogP contribution is 2.22. The van der Waals surface area contributed by atoms with E-state index in [9.17, 15) is 4.79 Å². The molecule has 0 radical (unpaired) electrons. The van der Waals surface area contributed by atoms with Gasteiger partial charge in [0.15, 0.2) is 0 Å². The van der Waals surface area contributed by atoms with E-state index in [1.54, 1.807) is 0 Å². The minimum absolute atomic E-state index is 0.0586. The number of rotatable bonds is 3. The number of benzene rings is 1. The highest BCUT2D eigenvalue weighted by molar-refractivity contribution is 5.95. The van der Waals surface area contributed by atoms with E-state index in [1.165, 1.54) is 12.8 Å². The number of aryl methyl sites for hydroxylation is 2. The number of hydrogen-bond acceptors (Lipinski definition) is 2. The Morgan fingerprint density at radius 2 is 2.00 bits per heavy atom. The summed E-state index contributed by atoms with van der Waals surface area (Å²) in [6.07, 6.45) is 2.48. The van der Waals surface area contributed by atoms with Crippen molar-refractivity contribution in [2.24, 2.45) is 5.92 Å². The molecule has 1 saturated heterocycles. The molecule has 2 rings (SSSR count). The Bertz CT molecular complexity index is 464. The summed E-state index contributed by atoms with van der Waals surface area (Å²) in [5.41, 5.74) is 3.21. The van der Waals surface area contributed by atoms with Gasteiger partial charge in [-0.05, 0) is 57.2 Å². The number of hydrogen-bond donors (Lipinski definition) is 1. The van der Waals surface area contributed by atoms with Gasteiger partial charge < -0.3 is 5.32 Å². The highest BCUT2D eigenvalue weighted by atomic mass is 16.2. The van der Waals surface area contributed by atoms with Gasteiger partial charge in [0.05, 0.1) is 6.04 Å². The molecule has 0 bridgehead atoms. The fourth-order valence-electron chi connectivity index (χ4n) is 2.98. The quantitative estimate of drug-likeness (QED) is 0.916. The summed E-state index contributed by atoms with van der Waals surface area (Å²) < 4.78 is 0. The molecule has 0 spiro atoms. The first-order chi connectivity index (χ1) is 9.49. The molecule has 3 nitrogen and oxygen atoms in total. The molecule has 1 aromatic carbocycles. The van der Waals surface area contributed by atoms with Crippen molar-refractivity contribution >= 4 is 11.6 Å². The fraction of sp³-hybridized carbons (Fsp3) is 0.588. The maximum atomic E-state index is 12.5. The van der Waals surface area contributed by atoms with Crippen LogP contribution in [-0.2, 0) is 4.79 Å². The summed E-state index contributed by atoms with van der Waals surface area (Å²) in [4.78, 5) is 14.8. The molecule has 0 saturated carbocycles. The van der Waals surface area contributed by atoms with Gasteiger partial charge in [0.25, 0.3) is 0 Å². The van der Waals surface area contributed by atoms with Crippen molar-refractivity contribution in [2.45, 2.75) is 46.6 Å². The molecule has 1 N–H and O–H groups in total. The van der Waals surface area contributed by atoms with Crippen molar-refractivity contribution in [1.82, 2.24) is 4.90 Å². The van der Waals surface area contributed by atoms with E-state index in [2.05, 4.69) is 17.1 Å². The van der Waals surface area contributed by atoms with Gasteiger partial charge >= 0.3 is 0 Å². The van der Waals surface area contributed by atoms with Crippen LogP contribution >= 0.6 is 0 Å². The first-order valence-corrected chi connectivity index (χ1v) is 7.60. The lowest BCUT2D eigenvalue weighted by molar-refractivity contribution is -0.121. The molecule has 20 heavy (non-hydrogen) atoms. The van der Waals surface area contributed by atoms with Crippen LogP contribution in [0.5, 0.6) is 0 Å². The SMILES string of the molecule is Cc1cccc(C)c1NC(=O)[C@H](C)N1CCC[C@H](C)C1. The predicted octanol–water partition coefficient (Wildman–Crippen LogP) is 3.36. The Morgan fingerprint density at radius 1 is 1.35 bits per heavy atom. The van der Waals surface area contributed by atoms with Crippen molar-refractivity contribution in [2.75, 3.05) is 18.4 Å². The zero-order valence-corrected chi connectivity index (χ0v) is 13.1. The topological polar surface area (TPSA) is 32.3 Å². The second-order valence-electron chi connectivity index (χ2n) is 6.17. The van der Waals surface area contributed by atoms with Crippen LogP contribution in [0.3, 0.4) is 0 Å². The van der Waals surface area contributed by atoms with E-state index >= 15 is 0 Å². The first-order valence-electron chi connectivity index (χ1n) is 7.60. The van der Waals surface area contributed by atoms with Crippen LogP contribution < -0.4 is 5.32 Å². The van der Waals surface area contributed by atoms with Crippen LogP contribution in [0.15, 0.2) is 18.2 Å². The molecule has 1 aromatic rings. The van der Waals surface area contributed by atoms with E-state index in [1.807, 2.05) is 39.0 Å². The van der Waals surface area contributed by atoms with E-state index < -0.39 is 0 Å². The van der Waals surface area contributed by atoms with Crippen LogP contribution in [0.1, 0.15) is 37.8 Å². The van der Waals surface area contributed by atoms with Crippen molar-refractivity contribution in [3.05, 3.63) is 29.3 Å². The van der Waals surface area contributed by atoms with Crippen LogP contribution in [-0.4, -0.2) is 29.9 Å². The number of nitrogens with one attached hydrogen (secondary N) is 1. The van der Waals surface area contributed by atoms with Gasteiger partial charge in [-0.15, -0.1) is 0 Å². The zero-order valence-electron chi connectivity index (χ0n) is 13.1. The number of anilines is 1. The standard InChI is InChI=1S/C17H26N2O/c1-12-7-6-10-19(11-12)15(4)17(20)18-16-13(2)8-5-9-14(16)3/h5,8-9,12,15H,6-7,10-11H2,1-4H3,(H,18,20)/t12-,15-/m0/s1. The second-order valence-corrected chi connectivity index (χ2v) is 6.17. The van der Waals surface area contributed by atoms with Gasteiger partial charge in [0, 0.05) is 12.2 Å². The molecule has 1 heterocycles.